The third kappa shape index (κ3) is 3.09. The first-order chi connectivity index (χ1) is 8.13. The zero-order valence-electron chi connectivity index (χ0n) is 9.75. The van der Waals surface area contributed by atoms with Gasteiger partial charge in [0, 0.05) is 0 Å². The average Bonchev–Trinajstić information content (AvgIpc) is 2.37. The van der Waals surface area contributed by atoms with E-state index in [1.807, 2.05) is 6.92 Å². The summed E-state index contributed by atoms with van der Waals surface area (Å²) in [5, 5.41) is 27.4. The molecule has 2 N–H and O–H groups in total. The summed E-state index contributed by atoms with van der Waals surface area (Å²) >= 11 is 0. The van der Waals surface area contributed by atoms with E-state index in [0.717, 1.165) is 0 Å². The minimum Gasteiger partial charge on any atom is -0.493 e. The van der Waals surface area contributed by atoms with Crippen LogP contribution < -0.4 is 9.47 Å². The molecule has 2 atom stereocenters. The lowest BCUT2D eigenvalue weighted by Gasteiger charge is -2.15. The topological polar surface area (TPSA) is 82.7 Å². The van der Waals surface area contributed by atoms with Crippen LogP contribution in [0.2, 0.25) is 0 Å². The summed E-state index contributed by atoms with van der Waals surface area (Å²) in [6.45, 7) is 2.35. The minimum atomic E-state index is -1.46. The highest BCUT2D eigenvalue weighted by molar-refractivity contribution is 5.44. The number of ether oxygens (including phenoxy) is 2. The standard InChI is InChI=1S/C12H15NO4/c1-3-17-10-5-4-8(6-11(10)16-2)12(15)9(14)7-13/h4-6,9,12,14-15H,3H2,1-2H3. The SMILES string of the molecule is CCOc1ccc(C(O)C(O)C#N)cc1OC. The maximum atomic E-state index is 9.66. The molecule has 0 aliphatic heterocycles. The zero-order valence-corrected chi connectivity index (χ0v) is 9.75. The predicted octanol–water partition coefficient (Wildman–Crippen LogP) is 1.01. The Hall–Kier alpha value is -1.77. The van der Waals surface area contributed by atoms with E-state index in [1.54, 1.807) is 18.2 Å². The van der Waals surface area contributed by atoms with Crippen LogP contribution in [0.5, 0.6) is 11.5 Å². The van der Waals surface area contributed by atoms with Crippen molar-refractivity contribution in [2.45, 2.75) is 19.1 Å². The second-order valence-corrected chi connectivity index (χ2v) is 3.36. The van der Waals surface area contributed by atoms with Gasteiger partial charge < -0.3 is 19.7 Å². The first-order valence-corrected chi connectivity index (χ1v) is 5.20. The van der Waals surface area contributed by atoms with E-state index in [4.69, 9.17) is 14.7 Å². The van der Waals surface area contributed by atoms with E-state index in [-0.39, 0.29) is 0 Å². The van der Waals surface area contributed by atoms with Gasteiger partial charge in [-0.2, -0.15) is 5.26 Å². The normalized spacial score (nSPS) is 13.6. The predicted molar refractivity (Wildman–Crippen MR) is 60.7 cm³/mol. The van der Waals surface area contributed by atoms with Crippen LogP contribution in [0.3, 0.4) is 0 Å². The van der Waals surface area contributed by atoms with Crippen LogP contribution in [-0.4, -0.2) is 30.0 Å². The molecule has 5 heteroatoms. The molecule has 5 nitrogen and oxygen atoms in total. The maximum absolute atomic E-state index is 9.66. The summed E-state index contributed by atoms with van der Waals surface area (Å²) in [6, 6.07) is 6.32. The van der Waals surface area contributed by atoms with Crippen molar-refractivity contribution in [3.8, 4) is 17.6 Å². The molecule has 0 heterocycles. The Morgan fingerprint density at radius 1 is 1.35 bits per heavy atom. The maximum Gasteiger partial charge on any atom is 0.170 e. The fourth-order valence-electron chi connectivity index (χ4n) is 1.40. The Labute approximate surface area is 99.8 Å². The molecule has 0 spiro atoms. The summed E-state index contributed by atoms with van der Waals surface area (Å²) in [7, 11) is 1.48. The van der Waals surface area contributed by atoms with E-state index < -0.39 is 12.2 Å². The lowest BCUT2D eigenvalue weighted by molar-refractivity contribution is 0.0526. The molecule has 0 amide bonds. The lowest BCUT2D eigenvalue weighted by Crippen LogP contribution is -2.15. The van der Waals surface area contributed by atoms with E-state index in [1.165, 1.54) is 13.2 Å². The van der Waals surface area contributed by atoms with Gasteiger partial charge in [-0.3, -0.25) is 0 Å². The van der Waals surface area contributed by atoms with Gasteiger partial charge in [-0.15, -0.1) is 0 Å². The first-order valence-electron chi connectivity index (χ1n) is 5.20. The van der Waals surface area contributed by atoms with Crippen LogP contribution >= 0.6 is 0 Å². The fraction of sp³-hybridized carbons (Fsp3) is 0.417. The summed E-state index contributed by atoms with van der Waals surface area (Å²) < 4.78 is 10.4. The van der Waals surface area contributed by atoms with Gasteiger partial charge in [-0.1, -0.05) is 6.07 Å². The van der Waals surface area contributed by atoms with Crippen molar-refractivity contribution in [2.24, 2.45) is 0 Å². The Bertz CT molecular complexity index is 413. The summed E-state index contributed by atoms with van der Waals surface area (Å²) in [5.74, 6) is 1.01. The fourth-order valence-corrected chi connectivity index (χ4v) is 1.40. The second-order valence-electron chi connectivity index (χ2n) is 3.36. The van der Waals surface area contributed by atoms with E-state index in [2.05, 4.69) is 0 Å². The van der Waals surface area contributed by atoms with Crippen molar-refractivity contribution < 1.29 is 19.7 Å². The number of nitriles is 1. The van der Waals surface area contributed by atoms with Gasteiger partial charge in [-0.05, 0) is 24.6 Å². The molecule has 17 heavy (non-hydrogen) atoms. The van der Waals surface area contributed by atoms with E-state index in [0.29, 0.717) is 23.7 Å². The third-order valence-electron chi connectivity index (χ3n) is 2.26. The number of methoxy groups -OCH3 is 1. The molecule has 92 valence electrons. The van der Waals surface area contributed by atoms with Gasteiger partial charge >= 0.3 is 0 Å². The first kappa shape index (κ1) is 13.3. The molecule has 1 aromatic carbocycles. The number of aliphatic hydroxyl groups excluding tert-OH is 2. The minimum absolute atomic E-state index is 0.402. The van der Waals surface area contributed by atoms with Gasteiger partial charge in [0.1, 0.15) is 6.10 Å². The highest BCUT2D eigenvalue weighted by atomic mass is 16.5. The quantitative estimate of drug-likeness (QED) is 0.747. The molecule has 0 radical (unpaired) electrons. The van der Waals surface area contributed by atoms with E-state index in [9.17, 15) is 10.2 Å². The molecule has 1 aromatic rings. The van der Waals surface area contributed by atoms with Crippen LogP contribution in [0.4, 0.5) is 0 Å². The van der Waals surface area contributed by atoms with Crippen molar-refractivity contribution >= 4 is 0 Å². The Kier molecular flexibility index (Phi) is 4.76. The average molecular weight is 237 g/mol. The number of hydrogen-bond donors (Lipinski definition) is 2. The molecule has 2 unspecified atom stereocenters. The molecular formula is C12H15NO4. The van der Waals surface area contributed by atoms with Gasteiger partial charge in [0.25, 0.3) is 0 Å². The molecule has 0 saturated carbocycles. The van der Waals surface area contributed by atoms with Crippen LogP contribution in [0.25, 0.3) is 0 Å². The molecule has 0 bridgehead atoms. The van der Waals surface area contributed by atoms with Crippen LogP contribution in [0.15, 0.2) is 18.2 Å². The van der Waals surface area contributed by atoms with Gasteiger partial charge in [0.2, 0.25) is 0 Å². The number of benzene rings is 1. The van der Waals surface area contributed by atoms with Crippen molar-refractivity contribution in [3.63, 3.8) is 0 Å². The van der Waals surface area contributed by atoms with Crippen LogP contribution in [0.1, 0.15) is 18.6 Å². The number of aliphatic hydroxyl groups is 2. The Balaban J connectivity index is 3.01. The summed E-state index contributed by atoms with van der Waals surface area (Å²) in [4.78, 5) is 0. The number of hydrogen-bond acceptors (Lipinski definition) is 5. The Morgan fingerprint density at radius 3 is 2.59 bits per heavy atom. The molecule has 0 saturated heterocycles. The largest absolute Gasteiger partial charge is 0.493 e. The van der Waals surface area contributed by atoms with Gasteiger partial charge in [0.05, 0.1) is 19.8 Å². The molecule has 0 aliphatic rings. The zero-order chi connectivity index (χ0) is 12.8. The highest BCUT2D eigenvalue weighted by Crippen LogP contribution is 2.31. The summed E-state index contributed by atoms with van der Waals surface area (Å²) in [6.07, 6.45) is -2.72. The second kappa shape index (κ2) is 6.09. The molecule has 0 aliphatic carbocycles. The van der Waals surface area contributed by atoms with Crippen LogP contribution in [0, 0.1) is 11.3 Å². The van der Waals surface area contributed by atoms with Crippen molar-refractivity contribution in [3.05, 3.63) is 23.8 Å². The smallest absolute Gasteiger partial charge is 0.170 e. The van der Waals surface area contributed by atoms with Gasteiger partial charge in [-0.25, -0.2) is 0 Å². The number of nitrogens with zero attached hydrogens (tertiary/aromatic N) is 1. The molecule has 1 rings (SSSR count). The monoisotopic (exact) mass is 237 g/mol. The van der Waals surface area contributed by atoms with Crippen LogP contribution in [-0.2, 0) is 0 Å². The number of rotatable bonds is 5. The lowest BCUT2D eigenvalue weighted by atomic mass is 10.0. The molecule has 0 aromatic heterocycles. The Morgan fingerprint density at radius 2 is 2.06 bits per heavy atom. The van der Waals surface area contributed by atoms with Gasteiger partial charge in [0.15, 0.2) is 17.6 Å². The van der Waals surface area contributed by atoms with Crippen molar-refractivity contribution in [1.82, 2.24) is 0 Å². The highest BCUT2D eigenvalue weighted by Gasteiger charge is 2.19. The van der Waals surface area contributed by atoms with Crippen molar-refractivity contribution in [1.29, 1.82) is 5.26 Å². The third-order valence-corrected chi connectivity index (χ3v) is 2.26. The summed E-state index contributed by atoms with van der Waals surface area (Å²) in [5.41, 5.74) is 0.402. The van der Waals surface area contributed by atoms with E-state index >= 15 is 0 Å². The van der Waals surface area contributed by atoms with Crippen molar-refractivity contribution in [2.75, 3.05) is 13.7 Å². The molecule has 0 fully saturated rings. The molecular weight excluding hydrogens is 222 g/mol.